The average molecular weight is 200 g/mol. The number of carbonyl (C=O) groups is 1. The zero-order valence-corrected chi connectivity index (χ0v) is 9.46. The summed E-state index contributed by atoms with van der Waals surface area (Å²) in [7, 11) is 1.77. The molecule has 1 aliphatic rings. The molecule has 4 nitrogen and oxygen atoms in total. The summed E-state index contributed by atoms with van der Waals surface area (Å²) >= 11 is 0. The number of carbonyl (C=O) groups excluding carboxylic acids is 1. The van der Waals surface area contributed by atoms with Gasteiger partial charge in [0.15, 0.2) is 0 Å². The standard InChI is InChI=1S/C10H20N2O2/c1-10(2,3)12(4)9(13)14-8-5-6-11-7-8/h8,11H,5-7H2,1-4H3/t8-/m0/s1. The van der Waals surface area contributed by atoms with Crippen LogP contribution in [-0.4, -0.2) is 42.8 Å². The molecular weight excluding hydrogens is 180 g/mol. The fourth-order valence-corrected chi connectivity index (χ4v) is 1.22. The van der Waals surface area contributed by atoms with Crippen LogP contribution in [0.15, 0.2) is 0 Å². The third kappa shape index (κ3) is 2.87. The average Bonchev–Trinajstić information content (AvgIpc) is 2.53. The molecule has 82 valence electrons. The van der Waals surface area contributed by atoms with Gasteiger partial charge in [-0.25, -0.2) is 4.79 Å². The first-order chi connectivity index (χ1) is 6.41. The van der Waals surface area contributed by atoms with E-state index in [1.54, 1.807) is 11.9 Å². The summed E-state index contributed by atoms with van der Waals surface area (Å²) in [5, 5.41) is 3.16. The van der Waals surface area contributed by atoms with Gasteiger partial charge in [0.2, 0.25) is 0 Å². The molecule has 1 rings (SSSR count). The zero-order chi connectivity index (χ0) is 10.8. The van der Waals surface area contributed by atoms with Crippen LogP contribution in [0.2, 0.25) is 0 Å². The third-order valence-electron chi connectivity index (χ3n) is 2.56. The minimum atomic E-state index is -0.230. The van der Waals surface area contributed by atoms with Crippen LogP contribution in [0.25, 0.3) is 0 Å². The first-order valence-corrected chi connectivity index (χ1v) is 5.06. The fourth-order valence-electron chi connectivity index (χ4n) is 1.22. The number of nitrogens with one attached hydrogen (secondary N) is 1. The number of hydrogen-bond acceptors (Lipinski definition) is 3. The van der Waals surface area contributed by atoms with Crippen molar-refractivity contribution in [3.8, 4) is 0 Å². The molecule has 1 atom stereocenters. The van der Waals surface area contributed by atoms with Crippen molar-refractivity contribution in [3.05, 3.63) is 0 Å². The van der Waals surface area contributed by atoms with Crippen LogP contribution in [-0.2, 0) is 4.74 Å². The van der Waals surface area contributed by atoms with E-state index in [-0.39, 0.29) is 17.7 Å². The Hall–Kier alpha value is -0.770. The largest absolute Gasteiger partial charge is 0.445 e. The Balaban J connectivity index is 2.41. The maximum absolute atomic E-state index is 11.6. The van der Waals surface area contributed by atoms with Crippen LogP contribution in [0.1, 0.15) is 27.2 Å². The molecule has 1 heterocycles. The van der Waals surface area contributed by atoms with Crippen LogP contribution < -0.4 is 5.32 Å². The molecule has 4 heteroatoms. The SMILES string of the molecule is CN(C(=O)O[C@H]1CCNC1)C(C)(C)C. The Morgan fingerprint density at radius 1 is 1.50 bits per heavy atom. The molecule has 1 N–H and O–H groups in total. The minimum Gasteiger partial charge on any atom is -0.445 e. The van der Waals surface area contributed by atoms with E-state index in [4.69, 9.17) is 4.74 Å². The lowest BCUT2D eigenvalue weighted by atomic mass is 10.1. The fraction of sp³-hybridized carbons (Fsp3) is 0.900. The summed E-state index contributed by atoms with van der Waals surface area (Å²) in [5.41, 5.74) is -0.177. The van der Waals surface area contributed by atoms with Gasteiger partial charge in [-0.1, -0.05) is 0 Å². The summed E-state index contributed by atoms with van der Waals surface area (Å²) in [6.07, 6.45) is 0.738. The molecule has 14 heavy (non-hydrogen) atoms. The number of rotatable bonds is 1. The van der Waals surface area contributed by atoms with Gasteiger partial charge in [-0.3, -0.25) is 0 Å². The van der Waals surface area contributed by atoms with Crippen molar-refractivity contribution in [2.75, 3.05) is 20.1 Å². The molecule has 1 saturated heterocycles. The number of nitrogens with zero attached hydrogens (tertiary/aromatic N) is 1. The highest BCUT2D eigenvalue weighted by Gasteiger charge is 2.27. The smallest absolute Gasteiger partial charge is 0.410 e. The van der Waals surface area contributed by atoms with Crippen LogP contribution in [0.3, 0.4) is 0 Å². The van der Waals surface area contributed by atoms with Gasteiger partial charge < -0.3 is 15.0 Å². The second kappa shape index (κ2) is 4.17. The summed E-state index contributed by atoms with van der Waals surface area (Å²) in [4.78, 5) is 13.3. The minimum absolute atomic E-state index is 0.0484. The summed E-state index contributed by atoms with van der Waals surface area (Å²) in [6.45, 7) is 7.68. The van der Waals surface area contributed by atoms with Crippen molar-refractivity contribution in [3.63, 3.8) is 0 Å². The first kappa shape index (κ1) is 11.3. The van der Waals surface area contributed by atoms with E-state index < -0.39 is 0 Å². The van der Waals surface area contributed by atoms with Crippen LogP contribution in [0, 0.1) is 0 Å². The number of ether oxygens (including phenoxy) is 1. The van der Waals surface area contributed by atoms with Gasteiger partial charge >= 0.3 is 6.09 Å². The highest BCUT2D eigenvalue weighted by molar-refractivity contribution is 5.68. The van der Waals surface area contributed by atoms with Crippen LogP contribution >= 0.6 is 0 Å². The van der Waals surface area contributed by atoms with Gasteiger partial charge in [0.25, 0.3) is 0 Å². The lowest BCUT2D eigenvalue weighted by Gasteiger charge is -2.31. The van der Waals surface area contributed by atoms with E-state index in [1.165, 1.54) is 0 Å². The molecule has 0 aromatic rings. The molecule has 0 unspecified atom stereocenters. The molecule has 0 spiro atoms. The van der Waals surface area contributed by atoms with E-state index in [0.717, 1.165) is 19.5 Å². The second-order valence-corrected chi connectivity index (χ2v) is 4.73. The van der Waals surface area contributed by atoms with Crippen molar-refractivity contribution in [1.82, 2.24) is 10.2 Å². The van der Waals surface area contributed by atoms with Crippen LogP contribution in [0.5, 0.6) is 0 Å². The van der Waals surface area contributed by atoms with Crippen LogP contribution in [0.4, 0.5) is 4.79 Å². The van der Waals surface area contributed by atoms with E-state index in [2.05, 4.69) is 5.32 Å². The number of hydrogen-bond donors (Lipinski definition) is 1. The molecule has 1 fully saturated rings. The molecule has 0 bridgehead atoms. The van der Waals surface area contributed by atoms with Gasteiger partial charge in [0, 0.05) is 19.1 Å². The quantitative estimate of drug-likeness (QED) is 0.692. The highest BCUT2D eigenvalue weighted by Crippen LogP contribution is 2.14. The summed E-state index contributed by atoms with van der Waals surface area (Å²) in [5.74, 6) is 0. The topological polar surface area (TPSA) is 41.6 Å². The van der Waals surface area contributed by atoms with Crippen molar-refractivity contribution >= 4 is 6.09 Å². The Kier molecular flexibility index (Phi) is 3.37. The Morgan fingerprint density at radius 3 is 2.57 bits per heavy atom. The maximum Gasteiger partial charge on any atom is 0.410 e. The van der Waals surface area contributed by atoms with E-state index in [0.29, 0.717) is 0 Å². The predicted octanol–water partition coefficient (Wildman–Crippen LogP) is 1.22. The van der Waals surface area contributed by atoms with Gasteiger partial charge in [-0.15, -0.1) is 0 Å². The van der Waals surface area contributed by atoms with E-state index in [9.17, 15) is 4.79 Å². The molecule has 0 saturated carbocycles. The monoisotopic (exact) mass is 200 g/mol. The highest BCUT2D eigenvalue weighted by atomic mass is 16.6. The Labute approximate surface area is 85.6 Å². The van der Waals surface area contributed by atoms with E-state index >= 15 is 0 Å². The lowest BCUT2D eigenvalue weighted by Crippen LogP contribution is -2.44. The number of amides is 1. The second-order valence-electron chi connectivity index (χ2n) is 4.73. The first-order valence-electron chi connectivity index (χ1n) is 5.06. The van der Waals surface area contributed by atoms with Crippen molar-refractivity contribution in [2.24, 2.45) is 0 Å². The Morgan fingerprint density at radius 2 is 2.14 bits per heavy atom. The lowest BCUT2D eigenvalue weighted by molar-refractivity contribution is 0.0540. The van der Waals surface area contributed by atoms with Crippen molar-refractivity contribution in [1.29, 1.82) is 0 Å². The van der Waals surface area contributed by atoms with Gasteiger partial charge in [-0.2, -0.15) is 0 Å². The summed E-state index contributed by atoms with van der Waals surface area (Å²) < 4.78 is 5.32. The molecule has 0 aromatic carbocycles. The molecule has 0 aliphatic carbocycles. The normalized spacial score (nSPS) is 22.1. The van der Waals surface area contributed by atoms with Crippen molar-refractivity contribution in [2.45, 2.75) is 38.8 Å². The Bertz CT molecular complexity index is 205. The molecule has 1 amide bonds. The molecule has 0 radical (unpaired) electrons. The summed E-state index contributed by atoms with van der Waals surface area (Å²) in [6, 6.07) is 0. The van der Waals surface area contributed by atoms with E-state index in [1.807, 2.05) is 20.8 Å². The molecular formula is C10H20N2O2. The third-order valence-corrected chi connectivity index (χ3v) is 2.56. The molecule has 0 aromatic heterocycles. The predicted molar refractivity (Wildman–Crippen MR) is 55.3 cm³/mol. The van der Waals surface area contributed by atoms with Gasteiger partial charge in [0.1, 0.15) is 6.10 Å². The van der Waals surface area contributed by atoms with Gasteiger partial charge in [-0.05, 0) is 33.7 Å². The van der Waals surface area contributed by atoms with Gasteiger partial charge in [0.05, 0.1) is 0 Å². The zero-order valence-electron chi connectivity index (χ0n) is 9.46. The maximum atomic E-state index is 11.6. The molecule has 1 aliphatic heterocycles. The van der Waals surface area contributed by atoms with Crippen molar-refractivity contribution < 1.29 is 9.53 Å².